The zero-order valence-electron chi connectivity index (χ0n) is 13.1. The molecule has 1 saturated heterocycles. The first-order valence-corrected chi connectivity index (χ1v) is 8.90. The van der Waals surface area contributed by atoms with Gasteiger partial charge in [0.05, 0.1) is 4.88 Å². The summed E-state index contributed by atoms with van der Waals surface area (Å²) in [6.45, 7) is 4.85. The zero-order valence-corrected chi connectivity index (χ0v) is 13.9. The second-order valence-electron chi connectivity index (χ2n) is 5.81. The Bertz CT molecular complexity index is 619. The number of nitrogens with zero attached hydrogens (tertiary/aromatic N) is 2. The summed E-state index contributed by atoms with van der Waals surface area (Å²) in [5, 5.41) is 1.95. The summed E-state index contributed by atoms with van der Waals surface area (Å²) in [5.74, 6) is 0.0627. The van der Waals surface area contributed by atoms with E-state index in [0.717, 1.165) is 49.7 Å². The number of hydrogen-bond acceptors (Lipinski definition) is 4. The predicted octanol–water partition coefficient (Wildman–Crippen LogP) is 3.67. The largest absolute Gasteiger partial charge is 0.369 e. The molecule has 0 amide bonds. The van der Waals surface area contributed by atoms with E-state index in [-0.39, 0.29) is 11.6 Å². The summed E-state index contributed by atoms with van der Waals surface area (Å²) in [7, 11) is 0. The molecule has 0 bridgehead atoms. The normalized spacial score (nSPS) is 15.8. The van der Waals surface area contributed by atoms with Crippen molar-refractivity contribution in [2.45, 2.75) is 12.8 Å². The van der Waals surface area contributed by atoms with E-state index in [1.165, 1.54) is 23.5 Å². The van der Waals surface area contributed by atoms with Crippen LogP contribution in [0, 0.1) is 5.82 Å². The lowest BCUT2D eigenvalue weighted by molar-refractivity contribution is 0.0978. The van der Waals surface area contributed by atoms with E-state index in [2.05, 4.69) is 9.80 Å². The molecule has 0 atom stereocenters. The lowest BCUT2D eigenvalue weighted by atomic mass is 10.1. The Morgan fingerprint density at radius 2 is 1.83 bits per heavy atom. The van der Waals surface area contributed by atoms with Crippen LogP contribution in [-0.4, -0.2) is 43.4 Å². The topological polar surface area (TPSA) is 23.6 Å². The number of thiophene rings is 1. The van der Waals surface area contributed by atoms with Crippen LogP contribution in [0.4, 0.5) is 10.1 Å². The average Bonchev–Trinajstić information content (AvgIpc) is 3.11. The first-order chi connectivity index (χ1) is 11.2. The molecular formula is C18H21FN2OS. The summed E-state index contributed by atoms with van der Waals surface area (Å²) in [6.07, 6.45) is 1.53. The van der Waals surface area contributed by atoms with E-state index in [0.29, 0.717) is 6.42 Å². The molecule has 0 saturated carbocycles. The van der Waals surface area contributed by atoms with E-state index in [9.17, 15) is 9.18 Å². The Kier molecular flexibility index (Phi) is 5.41. The van der Waals surface area contributed by atoms with Gasteiger partial charge in [0.15, 0.2) is 5.78 Å². The number of carbonyl (C=O) groups is 1. The number of halogens is 1. The van der Waals surface area contributed by atoms with Gasteiger partial charge in [0, 0.05) is 38.3 Å². The van der Waals surface area contributed by atoms with Gasteiger partial charge < -0.3 is 4.90 Å². The lowest BCUT2D eigenvalue weighted by Crippen LogP contribution is -2.46. The SMILES string of the molecule is O=C(CCCN1CCN(c2ccc(F)cc2)CC1)c1cccs1. The van der Waals surface area contributed by atoms with Crippen LogP contribution in [0.15, 0.2) is 41.8 Å². The number of carbonyl (C=O) groups excluding carboxylic acids is 1. The fraction of sp³-hybridized carbons (Fsp3) is 0.389. The summed E-state index contributed by atoms with van der Waals surface area (Å²) in [6, 6.07) is 10.5. The van der Waals surface area contributed by atoms with Crippen molar-refractivity contribution in [1.29, 1.82) is 0 Å². The highest BCUT2D eigenvalue weighted by atomic mass is 32.1. The minimum atomic E-state index is -0.192. The van der Waals surface area contributed by atoms with Crippen LogP contribution in [0.5, 0.6) is 0 Å². The van der Waals surface area contributed by atoms with Crippen molar-refractivity contribution in [1.82, 2.24) is 4.90 Å². The molecule has 1 aromatic carbocycles. The molecule has 23 heavy (non-hydrogen) atoms. The van der Waals surface area contributed by atoms with Gasteiger partial charge in [0.2, 0.25) is 0 Å². The Morgan fingerprint density at radius 3 is 2.48 bits per heavy atom. The minimum absolute atomic E-state index is 0.192. The van der Waals surface area contributed by atoms with E-state index in [1.54, 1.807) is 0 Å². The third-order valence-corrected chi connectivity index (χ3v) is 5.15. The highest BCUT2D eigenvalue weighted by Crippen LogP contribution is 2.17. The highest BCUT2D eigenvalue weighted by molar-refractivity contribution is 7.12. The van der Waals surface area contributed by atoms with Gasteiger partial charge in [-0.05, 0) is 48.7 Å². The molecule has 0 spiro atoms. The number of hydrogen-bond donors (Lipinski definition) is 0. The van der Waals surface area contributed by atoms with Crippen molar-refractivity contribution in [2.24, 2.45) is 0 Å². The number of ketones is 1. The van der Waals surface area contributed by atoms with Crippen molar-refractivity contribution in [3.8, 4) is 0 Å². The van der Waals surface area contributed by atoms with Gasteiger partial charge in [-0.15, -0.1) is 11.3 Å². The molecule has 3 rings (SSSR count). The van der Waals surface area contributed by atoms with E-state index >= 15 is 0 Å². The molecule has 2 heterocycles. The van der Waals surface area contributed by atoms with Crippen molar-refractivity contribution in [3.63, 3.8) is 0 Å². The lowest BCUT2D eigenvalue weighted by Gasteiger charge is -2.36. The number of benzene rings is 1. The average molecular weight is 332 g/mol. The fourth-order valence-electron chi connectivity index (χ4n) is 2.91. The summed E-state index contributed by atoms with van der Waals surface area (Å²) in [4.78, 5) is 17.5. The van der Waals surface area contributed by atoms with Crippen LogP contribution < -0.4 is 4.90 Å². The summed E-state index contributed by atoms with van der Waals surface area (Å²) >= 11 is 1.52. The molecule has 122 valence electrons. The standard InChI is InChI=1S/C18H21FN2OS/c19-15-5-7-16(8-6-15)21-12-10-20(11-13-21)9-1-3-17(22)18-4-2-14-23-18/h2,4-8,14H,1,3,9-13H2. The van der Waals surface area contributed by atoms with Crippen molar-refractivity contribution < 1.29 is 9.18 Å². The number of piperazine rings is 1. The Balaban J connectivity index is 1.39. The molecule has 0 aliphatic carbocycles. The molecule has 1 aliphatic rings. The highest BCUT2D eigenvalue weighted by Gasteiger charge is 2.17. The van der Waals surface area contributed by atoms with Crippen LogP contribution in [0.1, 0.15) is 22.5 Å². The van der Waals surface area contributed by atoms with Gasteiger partial charge in [0.25, 0.3) is 0 Å². The van der Waals surface area contributed by atoms with Crippen molar-refractivity contribution >= 4 is 22.8 Å². The molecular weight excluding hydrogens is 311 g/mol. The number of rotatable bonds is 6. The molecule has 1 aromatic heterocycles. The first kappa shape index (κ1) is 16.1. The van der Waals surface area contributed by atoms with Crippen LogP contribution in [0.3, 0.4) is 0 Å². The number of anilines is 1. The van der Waals surface area contributed by atoms with Gasteiger partial charge in [0.1, 0.15) is 5.82 Å². The van der Waals surface area contributed by atoms with Gasteiger partial charge in [-0.3, -0.25) is 9.69 Å². The van der Waals surface area contributed by atoms with Gasteiger partial charge >= 0.3 is 0 Å². The predicted molar refractivity (Wildman–Crippen MR) is 92.9 cm³/mol. The van der Waals surface area contributed by atoms with Crippen LogP contribution in [-0.2, 0) is 0 Å². The maximum absolute atomic E-state index is 13.0. The maximum atomic E-state index is 13.0. The molecule has 2 aromatic rings. The maximum Gasteiger partial charge on any atom is 0.172 e. The molecule has 5 heteroatoms. The monoisotopic (exact) mass is 332 g/mol. The van der Waals surface area contributed by atoms with E-state index in [1.807, 2.05) is 29.6 Å². The second kappa shape index (κ2) is 7.70. The van der Waals surface area contributed by atoms with E-state index < -0.39 is 0 Å². The summed E-state index contributed by atoms with van der Waals surface area (Å²) < 4.78 is 13.0. The smallest absolute Gasteiger partial charge is 0.172 e. The van der Waals surface area contributed by atoms with E-state index in [4.69, 9.17) is 0 Å². The van der Waals surface area contributed by atoms with Crippen LogP contribution in [0.2, 0.25) is 0 Å². The molecule has 0 radical (unpaired) electrons. The minimum Gasteiger partial charge on any atom is -0.369 e. The molecule has 1 fully saturated rings. The molecule has 0 unspecified atom stereocenters. The van der Waals surface area contributed by atoms with Gasteiger partial charge in [-0.2, -0.15) is 0 Å². The van der Waals surface area contributed by atoms with Gasteiger partial charge in [-0.1, -0.05) is 6.07 Å². The first-order valence-electron chi connectivity index (χ1n) is 8.02. The van der Waals surface area contributed by atoms with Crippen molar-refractivity contribution in [3.05, 3.63) is 52.5 Å². The second-order valence-corrected chi connectivity index (χ2v) is 6.76. The molecule has 1 aliphatic heterocycles. The Morgan fingerprint density at radius 1 is 1.09 bits per heavy atom. The zero-order chi connectivity index (χ0) is 16.1. The molecule has 0 N–H and O–H groups in total. The summed E-state index contributed by atoms with van der Waals surface area (Å²) in [5.41, 5.74) is 1.08. The molecule has 3 nitrogen and oxygen atoms in total. The quantitative estimate of drug-likeness (QED) is 0.754. The third-order valence-electron chi connectivity index (χ3n) is 4.24. The third kappa shape index (κ3) is 4.39. The van der Waals surface area contributed by atoms with Crippen LogP contribution in [0.25, 0.3) is 0 Å². The fourth-order valence-corrected chi connectivity index (χ4v) is 3.60. The Hall–Kier alpha value is -1.72. The van der Waals surface area contributed by atoms with Crippen molar-refractivity contribution in [2.75, 3.05) is 37.6 Å². The number of Topliss-reactive ketones (excluding diaryl/α,β-unsaturated/α-hetero) is 1. The van der Waals surface area contributed by atoms with Gasteiger partial charge in [-0.25, -0.2) is 4.39 Å². The van der Waals surface area contributed by atoms with Crippen LogP contribution >= 0.6 is 11.3 Å². The Labute approximate surface area is 140 Å².